The van der Waals surface area contributed by atoms with Crippen LogP contribution < -0.4 is 4.74 Å². The highest BCUT2D eigenvalue weighted by Crippen LogP contribution is 2.22. The van der Waals surface area contributed by atoms with Crippen LogP contribution in [0.4, 0.5) is 4.39 Å². The Morgan fingerprint density at radius 1 is 1.35 bits per heavy atom. The summed E-state index contributed by atoms with van der Waals surface area (Å²) >= 11 is 3.17. The largest absolute Gasteiger partial charge is 0.484 e. The molecule has 0 bridgehead atoms. The lowest BCUT2D eigenvalue weighted by Gasteiger charge is -2.07. The molecule has 1 aromatic heterocycles. The molecule has 0 saturated carbocycles. The molecule has 0 aliphatic carbocycles. The Morgan fingerprint density at radius 3 is 2.75 bits per heavy atom. The first-order valence-electron chi connectivity index (χ1n) is 5.71. The molecule has 0 fully saturated rings. The number of methoxy groups -OCH3 is 1. The molecule has 6 heteroatoms. The van der Waals surface area contributed by atoms with Crippen LogP contribution in [0.5, 0.6) is 5.75 Å². The zero-order chi connectivity index (χ0) is 14.5. The van der Waals surface area contributed by atoms with E-state index in [1.165, 1.54) is 25.4 Å². The zero-order valence-corrected chi connectivity index (χ0v) is 12.2. The molecule has 2 aromatic rings. The van der Waals surface area contributed by atoms with E-state index in [-0.39, 0.29) is 12.4 Å². The maximum atomic E-state index is 13.5. The molecule has 4 nitrogen and oxygen atoms in total. The van der Waals surface area contributed by atoms with Crippen LogP contribution >= 0.6 is 15.9 Å². The van der Waals surface area contributed by atoms with Crippen LogP contribution in [0.25, 0.3) is 0 Å². The Balaban J connectivity index is 2.02. The van der Waals surface area contributed by atoms with Gasteiger partial charge in [-0.15, -0.1) is 0 Å². The third-order valence-corrected chi connectivity index (χ3v) is 3.01. The van der Waals surface area contributed by atoms with E-state index in [1.807, 2.05) is 0 Å². The topological polar surface area (TPSA) is 48.4 Å². The fourth-order valence-corrected chi connectivity index (χ4v) is 1.83. The summed E-state index contributed by atoms with van der Waals surface area (Å²) in [4.78, 5) is 15.3. The van der Waals surface area contributed by atoms with Crippen LogP contribution in [0, 0.1) is 5.82 Å². The van der Waals surface area contributed by atoms with E-state index >= 15 is 0 Å². The van der Waals surface area contributed by atoms with Crippen molar-refractivity contribution in [2.24, 2.45) is 0 Å². The number of nitrogens with zero attached hydrogens (tertiary/aromatic N) is 1. The van der Waals surface area contributed by atoms with Gasteiger partial charge in [-0.1, -0.05) is 15.9 Å². The number of halogens is 2. The quantitative estimate of drug-likeness (QED) is 0.801. The number of rotatable bonds is 4. The molecule has 0 saturated heterocycles. The fraction of sp³-hybridized carbons (Fsp3) is 0.143. The second-order valence-electron chi connectivity index (χ2n) is 3.89. The molecule has 0 aliphatic heterocycles. The number of pyridine rings is 1. The average Bonchev–Trinajstić information content (AvgIpc) is 2.46. The van der Waals surface area contributed by atoms with Crippen LogP contribution in [0.1, 0.15) is 16.1 Å². The standard InChI is InChI=1S/C14H11BrFNO3/c1-19-14(18)9-2-4-11(17-7-9)8-20-13-5-3-10(15)6-12(13)16/h2-7H,8H2,1H3. The molecular weight excluding hydrogens is 329 g/mol. The highest BCUT2D eigenvalue weighted by molar-refractivity contribution is 9.10. The Hall–Kier alpha value is -1.95. The van der Waals surface area contributed by atoms with E-state index in [4.69, 9.17) is 4.74 Å². The van der Waals surface area contributed by atoms with Crippen LogP contribution in [0.15, 0.2) is 41.0 Å². The summed E-state index contributed by atoms with van der Waals surface area (Å²) in [5.41, 5.74) is 0.936. The number of benzene rings is 1. The molecule has 2 rings (SSSR count). The summed E-state index contributed by atoms with van der Waals surface area (Å²) in [6, 6.07) is 7.75. The first-order valence-corrected chi connectivity index (χ1v) is 6.50. The van der Waals surface area contributed by atoms with Gasteiger partial charge in [-0.05, 0) is 30.3 Å². The number of carbonyl (C=O) groups excluding carboxylic acids is 1. The second kappa shape index (κ2) is 6.47. The molecule has 0 spiro atoms. The Morgan fingerprint density at radius 2 is 2.15 bits per heavy atom. The monoisotopic (exact) mass is 339 g/mol. The number of hydrogen-bond donors (Lipinski definition) is 0. The highest BCUT2D eigenvalue weighted by Gasteiger charge is 2.07. The minimum Gasteiger partial charge on any atom is -0.484 e. The van der Waals surface area contributed by atoms with Crippen molar-refractivity contribution in [2.75, 3.05) is 7.11 Å². The highest BCUT2D eigenvalue weighted by atomic mass is 79.9. The summed E-state index contributed by atoms with van der Waals surface area (Å²) in [7, 11) is 1.30. The van der Waals surface area contributed by atoms with Crippen molar-refractivity contribution in [3.8, 4) is 5.75 Å². The Bertz CT molecular complexity index is 616. The summed E-state index contributed by atoms with van der Waals surface area (Å²) in [5.74, 6) is -0.762. The lowest BCUT2D eigenvalue weighted by molar-refractivity contribution is 0.0600. The molecule has 0 amide bonds. The lowest BCUT2D eigenvalue weighted by atomic mass is 10.2. The predicted octanol–water partition coefficient (Wildman–Crippen LogP) is 3.35. The molecule has 1 heterocycles. The SMILES string of the molecule is COC(=O)c1ccc(COc2ccc(Br)cc2F)nc1. The van der Waals surface area contributed by atoms with Gasteiger partial charge in [0.2, 0.25) is 0 Å². The van der Waals surface area contributed by atoms with Crippen LogP contribution in [-0.2, 0) is 11.3 Å². The normalized spacial score (nSPS) is 10.2. The van der Waals surface area contributed by atoms with Crippen molar-refractivity contribution in [3.05, 3.63) is 58.1 Å². The molecule has 0 unspecified atom stereocenters. The third-order valence-electron chi connectivity index (χ3n) is 2.52. The third kappa shape index (κ3) is 3.54. The Labute approximate surface area is 123 Å². The molecule has 1 aromatic carbocycles. The van der Waals surface area contributed by atoms with Gasteiger partial charge in [0, 0.05) is 10.7 Å². The molecule has 0 N–H and O–H groups in total. The van der Waals surface area contributed by atoms with Crippen LogP contribution in [0.2, 0.25) is 0 Å². The molecule has 104 valence electrons. The van der Waals surface area contributed by atoms with Crippen molar-refractivity contribution in [2.45, 2.75) is 6.61 Å². The lowest BCUT2D eigenvalue weighted by Crippen LogP contribution is -2.04. The summed E-state index contributed by atoms with van der Waals surface area (Å²) in [6.07, 6.45) is 1.39. The van der Waals surface area contributed by atoms with Crippen LogP contribution in [-0.4, -0.2) is 18.1 Å². The minimum atomic E-state index is -0.455. The van der Waals surface area contributed by atoms with E-state index < -0.39 is 11.8 Å². The van der Waals surface area contributed by atoms with E-state index in [0.29, 0.717) is 15.7 Å². The van der Waals surface area contributed by atoms with E-state index in [9.17, 15) is 9.18 Å². The summed E-state index contributed by atoms with van der Waals surface area (Å²) in [6.45, 7) is 0.111. The summed E-state index contributed by atoms with van der Waals surface area (Å²) in [5, 5.41) is 0. The minimum absolute atomic E-state index is 0.111. The van der Waals surface area contributed by atoms with Gasteiger partial charge in [0.25, 0.3) is 0 Å². The van der Waals surface area contributed by atoms with Crippen molar-refractivity contribution < 1.29 is 18.7 Å². The number of hydrogen-bond acceptors (Lipinski definition) is 4. The number of aromatic nitrogens is 1. The number of esters is 1. The van der Waals surface area contributed by atoms with Gasteiger partial charge >= 0.3 is 5.97 Å². The Kier molecular flexibility index (Phi) is 4.68. The van der Waals surface area contributed by atoms with Gasteiger partial charge in [-0.3, -0.25) is 4.98 Å². The van der Waals surface area contributed by atoms with E-state index in [1.54, 1.807) is 18.2 Å². The maximum Gasteiger partial charge on any atom is 0.339 e. The fourth-order valence-electron chi connectivity index (χ4n) is 1.49. The molecule has 0 atom stereocenters. The van der Waals surface area contributed by atoms with Gasteiger partial charge in [0.1, 0.15) is 6.61 Å². The van der Waals surface area contributed by atoms with Crippen LogP contribution in [0.3, 0.4) is 0 Å². The number of carbonyl (C=O) groups is 1. The van der Waals surface area contributed by atoms with Gasteiger partial charge < -0.3 is 9.47 Å². The molecule has 0 aliphatic rings. The van der Waals surface area contributed by atoms with Crippen molar-refractivity contribution in [3.63, 3.8) is 0 Å². The van der Waals surface area contributed by atoms with Gasteiger partial charge in [-0.2, -0.15) is 0 Å². The van der Waals surface area contributed by atoms with Crippen molar-refractivity contribution in [1.82, 2.24) is 4.98 Å². The summed E-state index contributed by atoms with van der Waals surface area (Å²) < 4.78 is 24.1. The maximum absolute atomic E-state index is 13.5. The molecular formula is C14H11BrFNO3. The van der Waals surface area contributed by atoms with E-state index in [0.717, 1.165) is 0 Å². The first-order chi connectivity index (χ1) is 9.60. The van der Waals surface area contributed by atoms with Gasteiger partial charge in [0.05, 0.1) is 18.4 Å². The second-order valence-corrected chi connectivity index (χ2v) is 4.81. The van der Waals surface area contributed by atoms with Gasteiger partial charge in [0.15, 0.2) is 11.6 Å². The molecule has 20 heavy (non-hydrogen) atoms. The average molecular weight is 340 g/mol. The first kappa shape index (κ1) is 14.5. The number of ether oxygens (including phenoxy) is 2. The smallest absolute Gasteiger partial charge is 0.339 e. The van der Waals surface area contributed by atoms with Crippen molar-refractivity contribution in [1.29, 1.82) is 0 Å². The zero-order valence-electron chi connectivity index (χ0n) is 10.6. The molecule has 0 radical (unpaired) electrons. The van der Waals surface area contributed by atoms with Gasteiger partial charge in [-0.25, -0.2) is 9.18 Å². The van der Waals surface area contributed by atoms with Crippen molar-refractivity contribution >= 4 is 21.9 Å². The predicted molar refractivity (Wildman–Crippen MR) is 74.0 cm³/mol. The van der Waals surface area contributed by atoms with E-state index in [2.05, 4.69) is 25.7 Å².